The Morgan fingerprint density at radius 2 is 1.89 bits per heavy atom. The zero-order chi connectivity index (χ0) is 13.7. The Labute approximate surface area is 112 Å². The topological polar surface area (TPSA) is 84.0 Å². The molecule has 0 atom stereocenters. The summed E-state index contributed by atoms with van der Waals surface area (Å²) in [7, 11) is -1.82. The van der Waals surface area contributed by atoms with E-state index in [1.165, 1.54) is 12.3 Å². The van der Waals surface area contributed by atoms with Crippen molar-refractivity contribution in [2.45, 2.75) is 11.4 Å². The van der Waals surface area contributed by atoms with Crippen molar-refractivity contribution < 1.29 is 8.42 Å². The summed E-state index contributed by atoms with van der Waals surface area (Å²) in [5.74, 6) is 0.619. The van der Waals surface area contributed by atoms with Crippen molar-refractivity contribution >= 4 is 15.8 Å². The van der Waals surface area contributed by atoms with Crippen molar-refractivity contribution in [2.75, 3.05) is 12.4 Å². The molecule has 2 rings (SSSR count). The molecule has 0 aromatic carbocycles. The molecule has 0 amide bonds. The lowest BCUT2D eigenvalue weighted by Crippen LogP contribution is -2.23. The fraction of sp³-hybridized carbons (Fsp3) is 0.167. The van der Waals surface area contributed by atoms with Gasteiger partial charge in [0.25, 0.3) is 0 Å². The number of aromatic nitrogens is 2. The van der Waals surface area contributed by atoms with Crippen LogP contribution in [-0.2, 0) is 16.6 Å². The van der Waals surface area contributed by atoms with Crippen LogP contribution >= 0.6 is 0 Å². The number of nitrogens with zero attached hydrogens (tertiary/aromatic N) is 2. The molecular weight excluding hydrogens is 264 g/mol. The van der Waals surface area contributed by atoms with E-state index in [2.05, 4.69) is 20.0 Å². The quantitative estimate of drug-likeness (QED) is 0.852. The Hall–Kier alpha value is -1.99. The van der Waals surface area contributed by atoms with Gasteiger partial charge in [-0.15, -0.1) is 0 Å². The van der Waals surface area contributed by atoms with E-state index in [-0.39, 0.29) is 11.4 Å². The first-order valence-electron chi connectivity index (χ1n) is 5.64. The predicted molar refractivity (Wildman–Crippen MR) is 72.0 cm³/mol. The molecule has 19 heavy (non-hydrogen) atoms. The van der Waals surface area contributed by atoms with Gasteiger partial charge in [-0.05, 0) is 29.8 Å². The monoisotopic (exact) mass is 278 g/mol. The van der Waals surface area contributed by atoms with E-state index in [1.807, 2.05) is 0 Å². The van der Waals surface area contributed by atoms with Crippen molar-refractivity contribution in [3.05, 3.63) is 48.4 Å². The summed E-state index contributed by atoms with van der Waals surface area (Å²) >= 11 is 0. The number of rotatable bonds is 5. The molecule has 2 aromatic rings. The number of anilines is 1. The highest BCUT2D eigenvalue weighted by molar-refractivity contribution is 7.89. The molecule has 2 aromatic heterocycles. The molecule has 0 bridgehead atoms. The minimum Gasteiger partial charge on any atom is -0.373 e. The zero-order valence-corrected chi connectivity index (χ0v) is 11.2. The molecule has 6 nitrogen and oxygen atoms in total. The number of sulfonamides is 1. The third kappa shape index (κ3) is 3.49. The summed E-state index contributed by atoms with van der Waals surface area (Å²) in [6.07, 6.45) is 4.56. The van der Waals surface area contributed by atoms with Crippen LogP contribution in [0.4, 0.5) is 5.82 Å². The van der Waals surface area contributed by atoms with E-state index in [9.17, 15) is 8.42 Å². The highest BCUT2D eigenvalue weighted by Crippen LogP contribution is 2.10. The predicted octanol–water partition coefficient (Wildman–Crippen LogP) is 0.997. The molecular formula is C12H14N4O2S. The van der Waals surface area contributed by atoms with Crippen molar-refractivity contribution in [1.82, 2.24) is 14.7 Å². The lowest BCUT2D eigenvalue weighted by Gasteiger charge is -2.07. The van der Waals surface area contributed by atoms with Gasteiger partial charge in [0, 0.05) is 32.2 Å². The number of nitrogens with one attached hydrogen (secondary N) is 2. The number of hydrogen-bond acceptors (Lipinski definition) is 5. The van der Waals surface area contributed by atoms with Crippen molar-refractivity contribution in [3.8, 4) is 0 Å². The second kappa shape index (κ2) is 5.77. The van der Waals surface area contributed by atoms with E-state index >= 15 is 0 Å². The Kier molecular flexibility index (Phi) is 4.08. The van der Waals surface area contributed by atoms with Crippen molar-refractivity contribution in [3.63, 3.8) is 0 Å². The molecule has 100 valence electrons. The molecule has 2 N–H and O–H groups in total. The first-order valence-corrected chi connectivity index (χ1v) is 7.12. The second-order valence-corrected chi connectivity index (χ2v) is 5.58. The molecule has 0 radical (unpaired) electrons. The molecule has 0 aliphatic carbocycles. The third-order valence-corrected chi connectivity index (χ3v) is 3.90. The van der Waals surface area contributed by atoms with Gasteiger partial charge in [-0.2, -0.15) is 0 Å². The van der Waals surface area contributed by atoms with Gasteiger partial charge in [-0.3, -0.25) is 4.98 Å². The zero-order valence-electron chi connectivity index (χ0n) is 10.4. The van der Waals surface area contributed by atoms with Gasteiger partial charge in [0.05, 0.1) is 0 Å². The molecule has 0 aliphatic rings. The summed E-state index contributed by atoms with van der Waals surface area (Å²) < 4.78 is 26.5. The van der Waals surface area contributed by atoms with E-state index in [1.54, 1.807) is 37.6 Å². The van der Waals surface area contributed by atoms with Crippen LogP contribution < -0.4 is 10.0 Å². The van der Waals surface area contributed by atoms with Gasteiger partial charge in [0.15, 0.2) is 0 Å². The molecule has 7 heteroatoms. The van der Waals surface area contributed by atoms with E-state index in [0.29, 0.717) is 5.82 Å². The Morgan fingerprint density at radius 3 is 2.47 bits per heavy atom. The van der Waals surface area contributed by atoms with Gasteiger partial charge in [0.2, 0.25) is 10.0 Å². The minimum absolute atomic E-state index is 0.139. The molecule has 0 unspecified atom stereocenters. The maximum absolute atomic E-state index is 12.0. The molecule has 0 saturated heterocycles. The molecule has 0 aliphatic heterocycles. The maximum atomic E-state index is 12.0. The first-order chi connectivity index (χ1) is 9.12. The Balaban J connectivity index is 2.09. The summed E-state index contributed by atoms with van der Waals surface area (Å²) in [5, 5.41) is 2.83. The summed E-state index contributed by atoms with van der Waals surface area (Å²) in [4.78, 5) is 7.99. The standard InChI is InChI=1S/C12H14N4O2S/c1-13-12-3-2-11(9-15-12)19(17,18)16-8-10-4-6-14-7-5-10/h2-7,9,16H,8H2,1H3,(H,13,15). The average Bonchev–Trinajstić information content (AvgIpc) is 2.46. The molecule has 0 spiro atoms. The fourth-order valence-electron chi connectivity index (χ4n) is 1.45. The van der Waals surface area contributed by atoms with Crippen LogP contribution in [0.25, 0.3) is 0 Å². The fourth-order valence-corrected chi connectivity index (χ4v) is 2.41. The summed E-state index contributed by atoms with van der Waals surface area (Å²) in [6.45, 7) is 0.221. The van der Waals surface area contributed by atoms with Crippen molar-refractivity contribution in [1.29, 1.82) is 0 Å². The summed E-state index contributed by atoms with van der Waals surface area (Å²) in [5.41, 5.74) is 0.846. The van der Waals surface area contributed by atoms with Gasteiger partial charge in [-0.25, -0.2) is 18.1 Å². The minimum atomic E-state index is -3.54. The highest BCUT2D eigenvalue weighted by atomic mass is 32.2. The summed E-state index contributed by atoms with van der Waals surface area (Å²) in [6, 6.07) is 6.63. The van der Waals surface area contributed by atoms with Crippen LogP contribution in [-0.4, -0.2) is 25.4 Å². The van der Waals surface area contributed by atoms with Crippen LogP contribution in [0.5, 0.6) is 0 Å². The van der Waals surface area contributed by atoms with Crippen LogP contribution in [0.2, 0.25) is 0 Å². The maximum Gasteiger partial charge on any atom is 0.242 e. The van der Waals surface area contributed by atoms with Crippen molar-refractivity contribution in [2.24, 2.45) is 0 Å². The number of hydrogen-bond donors (Lipinski definition) is 2. The van der Waals surface area contributed by atoms with Crippen LogP contribution in [0.15, 0.2) is 47.8 Å². The molecule has 0 fully saturated rings. The van der Waals surface area contributed by atoms with E-state index in [4.69, 9.17) is 0 Å². The first kappa shape index (κ1) is 13.4. The largest absolute Gasteiger partial charge is 0.373 e. The third-order valence-electron chi connectivity index (χ3n) is 2.52. The second-order valence-electron chi connectivity index (χ2n) is 3.81. The molecule has 2 heterocycles. The van der Waals surface area contributed by atoms with Crippen LogP contribution in [0, 0.1) is 0 Å². The molecule has 0 saturated carbocycles. The van der Waals surface area contributed by atoms with Gasteiger partial charge < -0.3 is 5.32 Å². The smallest absolute Gasteiger partial charge is 0.242 e. The normalized spacial score (nSPS) is 11.2. The van der Waals surface area contributed by atoms with Gasteiger partial charge in [0.1, 0.15) is 10.7 Å². The van der Waals surface area contributed by atoms with Crippen LogP contribution in [0.1, 0.15) is 5.56 Å². The number of pyridine rings is 2. The van der Waals surface area contributed by atoms with Gasteiger partial charge in [-0.1, -0.05) is 0 Å². The highest BCUT2D eigenvalue weighted by Gasteiger charge is 2.13. The Bertz CT molecular complexity index is 627. The van der Waals surface area contributed by atoms with Gasteiger partial charge >= 0.3 is 0 Å². The Morgan fingerprint density at radius 1 is 1.16 bits per heavy atom. The SMILES string of the molecule is CNc1ccc(S(=O)(=O)NCc2ccncc2)cn1. The van der Waals surface area contributed by atoms with E-state index in [0.717, 1.165) is 5.56 Å². The lowest BCUT2D eigenvalue weighted by atomic mass is 10.3. The average molecular weight is 278 g/mol. The van der Waals surface area contributed by atoms with Crippen LogP contribution in [0.3, 0.4) is 0 Å². The van der Waals surface area contributed by atoms with E-state index < -0.39 is 10.0 Å². The lowest BCUT2D eigenvalue weighted by molar-refractivity contribution is 0.581.